The van der Waals surface area contributed by atoms with E-state index in [9.17, 15) is 9.59 Å². The Morgan fingerprint density at radius 3 is 2.70 bits per heavy atom. The van der Waals surface area contributed by atoms with Gasteiger partial charge in [-0.2, -0.15) is 0 Å². The summed E-state index contributed by atoms with van der Waals surface area (Å²) in [5.74, 6) is -0.407. The van der Waals surface area contributed by atoms with Gasteiger partial charge in [0.2, 0.25) is 0 Å². The Morgan fingerprint density at radius 2 is 1.90 bits per heavy atom. The lowest BCUT2D eigenvalue weighted by molar-refractivity contribution is -0.142. The number of esters is 2. The zero-order chi connectivity index (χ0) is 20.9. The maximum Gasteiger partial charge on any atom is 0.334 e. The number of carbonyl (C=O) groups is 2. The number of hydrogen-bond acceptors (Lipinski definition) is 5. The van der Waals surface area contributed by atoms with Crippen molar-refractivity contribution >= 4 is 35.3 Å². The summed E-state index contributed by atoms with van der Waals surface area (Å²) in [5, 5.41) is 0.666. The molecule has 4 atom stereocenters. The average Bonchev–Trinajstić information content (AvgIpc) is 3.32. The zero-order valence-electron chi connectivity index (χ0n) is 16.5. The summed E-state index contributed by atoms with van der Waals surface area (Å²) in [6.07, 6.45) is 3.42. The number of ether oxygens (including phenoxy) is 2. The first-order valence-electron chi connectivity index (χ1n) is 10.1. The van der Waals surface area contributed by atoms with Crippen molar-refractivity contribution in [2.75, 3.05) is 0 Å². The SMILES string of the molecule is CC1(Sc2ccc(Cl)cc2)CC(C/C=C2\C(=O)OC3c4ccccc4CC23)OC1=O. The highest BCUT2D eigenvalue weighted by atomic mass is 35.5. The smallest absolute Gasteiger partial charge is 0.334 e. The van der Waals surface area contributed by atoms with Gasteiger partial charge in [-0.25, -0.2) is 4.79 Å². The molecule has 0 saturated carbocycles. The number of carbonyl (C=O) groups excluding carboxylic acids is 2. The average molecular weight is 441 g/mol. The van der Waals surface area contributed by atoms with Crippen LogP contribution in [0.25, 0.3) is 0 Å². The number of fused-ring (bicyclic) bond motifs is 3. The van der Waals surface area contributed by atoms with Crippen LogP contribution in [0.3, 0.4) is 0 Å². The zero-order valence-corrected chi connectivity index (χ0v) is 18.0. The van der Waals surface area contributed by atoms with E-state index < -0.39 is 4.75 Å². The Hall–Kier alpha value is -2.24. The second kappa shape index (κ2) is 7.47. The molecule has 4 unspecified atom stereocenters. The molecular weight excluding hydrogens is 420 g/mol. The van der Waals surface area contributed by atoms with Gasteiger partial charge in [-0.1, -0.05) is 41.9 Å². The third kappa shape index (κ3) is 3.44. The van der Waals surface area contributed by atoms with Crippen molar-refractivity contribution in [3.63, 3.8) is 0 Å². The number of halogens is 1. The third-order valence-corrected chi connectivity index (χ3v) is 7.66. The summed E-state index contributed by atoms with van der Waals surface area (Å²) in [6, 6.07) is 15.6. The van der Waals surface area contributed by atoms with E-state index in [1.54, 1.807) is 0 Å². The van der Waals surface area contributed by atoms with Crippen molar-refractivity contribution in [2.24, 2.45) is 5.92 Å². The Bertz CT molecular complexity index is 1050. The Balaban J connectivity index is 1.28. The summed E-state index contributed by atoms with van der Waals surface area (Å²) in [4.78, 5) is 26.0. The molecule has 0 radical (unpaired) electrons. The van der Waals surface area contributed by atoms with Gasteiger partial charge in [0.25, 0.3) is 0 Å². The number of cyclic esters (lactones) is 1. The van der Waals surface area contributed by atoms with Crippen molar-refractivity contribution in [1.29, 1.82) is 0 Å². The molecule has 1 aliphatic carbocycles. The van der Waals surface area contributed by atoms with Crippen LogP contribution in [0.2, 0.25) is 5.02 Å². The molecule has 6 heteroatoms. The van der Waals surface area contributed by atoms with Gasteiger partial charge in [0.15, 0.2) is 0 Å². The molecule has 0 bridgehead atoms. The van der Waals surface area contributed by atoms with Crippen molar-refractivity contribution < 1.29 is 19.1 Å². The lowest BCUT2D eigenvalue weighted by Crippen LogP contribution is -2.25. The van der Waals surface area contributed by atoms with E-state index in [0.29, 0.717) is 23.4 Å². The van der Waals surface area contributed by atoms with E-state index in [2.05, 4.69) is 6.07 Å². The van der Waals surface area contributed by atoms with Gasteiger partial charge in [-0.3, -0.25) is 4.79 Å². The van der Waals surface area contributed by atoms with Crippen molar-refractivity contribution in [3.8, 4) is 0 Å². The minimum Gasteiger partial charge on any atom is -0.461 e. The minimum absolute atomic E-state index is 0.0573. The Labute approximate surface area is 184 Å². The molecule has 0 spiro atoms. The fraction of sp³-hybridized carbons (Fsp3) is 0.333. The predicted molar refractivity (Wildman–Crippen MR) is 115 cm³/mol. The maximum absolute atomic E-state index is 12.6. The molecule has 0 N–H and O–H groups in total. The fourth-order valence-electron chi connectivity index (χ4n) is 4.62. The van der Waals surface area contributed by atoms with Gasteiger partial charge in [0, 0.05) is 34.3 Å². The second-order valence-corrected chi connectivity index (χ2v) is 10.3. The minimum atomic E-state index is -0.653. The monoisotopic (exact) mass is 440 g/mol. The highest BCUT2D eigenvalue weighted by molar-refractivity contribution is 8.01. The molecule has 2 heterocycles. The normalized spacial score (nSPS) is 30.9. The van der Waals surface area contributed by atoms with Crippen LogP contribution in [0.15, 0.2) is 65.1 Å². The first-order valence-corrected chi connectivity index (χ1v) is 11.3. The van der Waals surface area contributed by atoms with Gasteiger partial charge in [0.05, 0.1) is 0 Å². The van der Waals surface area contributed by atoms with Crippen molar-refractivity contribution in [1.82, 2.24) is 0 Å². The van der Waals surface area contributed by atoms with E-state index in [1.165, 1.54) is 17.3 Å². The van der Waals surface area contributed by atoms with Crippen LogP contribution >= 0.6 is 23.4 Å². The van der Waals surface area contributed by atoms with E-state index in [0.717, 1.165) is 16.9 Å². The summed E-state index contributed by atoms with van der Waals surface area (Å²) >= 11 is 7.45. The topological polar surface area (TPSA) is 52.6 Å². The quantitative estimate of drug-likeness (QED) is 0.477. The van der Waals surface area contributed by atoms with Crippen LogP contribution in [0, 0.1) is 5.92 Å². The maximum atomic E-state index is 12.6. The molecule has 2 fully saturated rings. The van der Waals surface area contributed by atoms with Crippen LogP contribution in [0.4, 0.5) is 0 Å². The molecular formula is C24H21ClO4S. The van der Waals surface area contributed by atoms with Crippen LogP contribution in [-0.2, 0) is 25.5 Å². The highest BCUT2D eigenvalue weighted by Crippen LogP contribution is 2.48. The molecule has 2 saturated heterocycles. The van der Waals surface area contributed by atoms with Gasteiger partial charge < -0.3 is 9.47 Å². The van der Waals surface area contributed by atoms with E-state index in [4.69, 9.17) is 21.1 Å². The lowest BCUT2D eigenvalue weighted by atomic mass is 9.94. The van der Waals surface area contributed by atoms with Crippen LogP contribution < -0.4 is 0 Å². The van der Waals surface area contributed by atoms with Crippen LogP contribution in [0.5, 0.6) is 0 Å². The molecule has 2 aromatic rings. The second-order valence-electron chi connectivity index (χ2n) is 8.25. The van der Waals surface area contributed by atoms with E-state index in [-0.39, 0.29) is 30.1 Å². The van der Waals surface area contributed by atoms with Crippen LogP contribution in [0.1, 0.15) is 37.0 Å². The van der Waals surface area contributed by atoms with Crippen molar-refractivity contribution in [3.05, 3.63) is 76.3 Å². The molecule has 3 aliphatic rings. The standard InChI is InChI=1S/C24H21ClO4S/c1-24(30-17-9-6-15(25)7-10-17)13-16(28-23(24)27)8-11-19-20-12-14-4-2-3-5-18(14)21(20)29-22(19)26/h2-7,9-11,16,20-21H,8,12-13H2,1H3/b19-11-. The number of benzene rings is 2. The number of thioether (sulfide) groups is 1. The Morgan fingerprint density at radius 1 is 1.13 bits per heavy atom. The first-order chi connectivity index (χ1) is 14.4. The summed E-state index contributed by atoms with van der Waals surface area (Å²) in [5.41, 5.74) is 3.06. The summed E-state index contributed by atoms with van der Waals surface area (Å²) in [7, 11) is 0. The molecule has 2 aliphatic heterocycles. The molecule has 30 heavy (non-hydrogen) atoms. The first kappa shape index (κ1) is 19.7. The molecule has 0 amide bonds. The Kier molecular flexibility index (Phi) is 4.91. The molecule has 5 rings (SSSR count). The fourth-order valence-corrected chi connectivity index (χ4v) is 5.94. The van der Waals surface area contributed by atoms with E-state index >= 15 is 0 Å². The van der Waals surface area contributed by atoms with Gasteiger partial charge in [-0.05, 0) is 48.7 Å². The number of hydrogen-bond donors (Lipinski definition) is 0. The van der Waals surface area contributed by atoms with Gasteiger partial charge in [0.1, 0.15) is 17.0 Å². The van der Waals surface area contributed by atoms with E-state index in [1.807, 2.05) is 55.5 Å². The van der Waals surface area contributed by atoms with Crippen LogP contribution in [-0.4, -0.2) is 22.8 Å². The van der Waals surface area contributed by atoms with Crippen molar-refractivity contribution in [2.45, 2.75) is 48.0 Å². The molecule has 2 aromatic carbocycles. The molecule has 0 aromatic heterocycles. The van der Waals surface area contributed by atoms with Gasteiger partial charge >= 0.3 is 11.9 Å². The molecule has 4 nitrogen and oxygen atoms in total. The lowest BCUT2D eigenvalue weighted by Gasteiger charge is -2.18. The number of rotatable bonds is 4. The molecule has 154 valence electrons. The third-order valence-electron chi connectivity index (χ3n) is 6.12. The summed E-state index contributed by atoms with van der Waals surface area (Å²) in [6.45, 7) is 1.91. The largest absolute Gasteiger partial charge is 0.461 e. The van der Waals surface area contributed by atoms with Gasteiger partial charge in [-0.15, -0.1) is 11.8 Å². The predicted octanol–water partition coefficient (Wildman–Crippen LogP) is 5.29. The summed E-state index contributed by atoms with van der Waals surface area (Å²) < 4.78 is 10.7. The highest BCUT2D eigenvalue weighted by Gasteiger charge is 2.48.